The van der Waals surface area contributed by atoms with Gasteiger partial charge in [0.2, 0.25) is 5.44 Å². The van der Waals surface area contributed by atoms with Crippen LogP contribution in [0.4, 0.5) is 0 Å². The van der Waals surface area contributed by atoms with Crippen LogP contribution in [-0.4, -0.2) is 32.8 Å². The number of nitrogens with one attached hydrogen (secondary N) is 1. The Morgan fingerprint density at radius 1 is 1.40 bits per heavy atom. The van der Waals surface area contributed by atoms with Gasteiger partial charge in [-0.05, 0) is 50.8 Å². The summed E-state index contributed by atoms with van der Waals surface area (Å²) >= 11 is 1.27. The fourth-order valence-electron chi connectivity index (χ4n) is 2.99. The first-order valence-electron chi connectivity index (χ1n) is 9.23. The van der Waals surface area contributed by atoms with Crippen LogP contribution in [0.25, 0.3) is 10.9 Å². The standard InChI is InChI=1S/C22H23N3O4S/c1-6-14-8-15-9-16(7-13(2)19(15)23-11-14)28-21(30-5)20(27)24-22(3,4)18-10-17(12-26)29-25-18/h1,7-11,21,26H,12H2,2-5H3,(H,24,27). The van der Waals surface area contributed by atoms with Gasteiger partial charge in [0.15, 0.2) is 5.76 Å². The van der Waals surface area contributed by atoms with Gasteiger partial charge in [-0.2, -0.15) is 0 Å². The second-order valence-corrected chi connectivity index (χ2v) is 8.22. The van der Waals surface area contributed by atoms with E-state index in [1.807, 2.05) is 25.1 Å². The minimum Gasteiger partial charge on any atom is -0.470 e. The third kappa shape index (κ3) is 4.58. The van der Waals surface area contributed by atoms with Gasteiger partial charge in [0.05, 0.1) is 11.1 Å². The van der Waals surface area contributed by atoms with Crippen molar-refractivity contribution in [2.24, 2.45) is 0 Å². The zero-order chi connectivity index (χ0) is 21.9. The Kier molecular flexibility index (Phi) is 6.34. The van der Waals surface area contributed by atoms with Crippen LogP contribution in [0.5, 0.6) is 5.75 Å². The second-order valence-electron chi connectivity index (χ2n) is 7.32. The van der Waals surface area contributed by atoms with E-state index in [-0.39, 0.29) is 12.5 Å². The fourth-order valence-corrected chi connectivity index (χ4v) is 3.47. The first kappa shape index (κ1) is 21.7. The molecule has 0 radical (unpaired) electrons. The summed E-state index contributed by atoms with van der Waals surface area (Å²) < 4.78 is 11.0. The lowest BCUT2D eigenvalue weighted by Crippen LogP contribution is -2.46. The van der Waals surface area contributed by atoms with Gasteiger partial charge >= 0.3 is 0 Å². The number of pyridine rings is 1. The first-order chi connectivity index (χ1) is 14.3. The molecule has 0 spiro atoms. The number of amides is 1. The van der Waals surface area contributed by atoms with Crippen molar-refractivity contribution in [3.8, 4) is 18.1 Å². The van der Waals surface area contributed by atoms with Crippen molar-refractivity contribution >= 4 is 28.6 Å². The predicted molar refractivity (Wildman–Crippen MR) is 116 cm³/mol. The molecule has 2 aromatic heterocycles. The molecular weight excluding hydrogens is 402 g/mol. The summed E-state index contributed by atoms with van der Waals surface area (Å²) in [6.07, 6.45) is 8.92. The summed E-state index contributed by atoms with van der Waals surface area (Å²) in [6.45, 7) is 5.27. The number of rotatable bonds is 7. The molecule has 1 aromatic carbocycles. The van der Waals surface area contributed by atoms with Gasteiger partial charge in [0.1, 0.15) is 18.1 Å². The zero-order valence-corrected chi connectivity index (χ0v) is 18.0. The molecule has 0 fully saturated rings. The molecule has 0 aliphatic carbocycles. The van der Waals surface area contributed by atoms with Gasteiger partial charge in [-0.3, -0.25) is 9.78 Å². The molecule has 3 aromatic rings. The zero-order valence-electron chi connectivity index (χ0n) is 17.2. The maximum absolute atomic E-state index is 12.9. The van der Waals surface area contributed by atoms with Crippen LogP contribution < -0.4 is 10.1 Å². The number of aryl methyl sites for hydroxylation is 1. The van der Waals surface area contributed by atoms with Crippen LogP contribution >= 0.6 is 11.8 Å². The lowest BCUT2D eigenvalue weighted by molar-refractivity contribution is -0.126. The van der Waals surface area contributed by atoms with Crippen molar-refractivity contribution in [2.45, 2.75) is 38.4 Å². The number of benzene rings is 1. The van der Waals surface area contributed by atoms with Crippen molar-refractivity contribution < 1.29 is 19.2 Å². The van der Waals surface area contributed by atoms with Crippen molar-refractivity contribution in [3.05, 3.63) is 53.0 Å². The number of nitrogens with zero attached hydrogens (tertiary/aromatic N) is 2. The summed E-state index contributed by atoms with van der Waals surface area (Å²) in [6, 6.07) is 7.14. The quantitative estimate of drug-likeness (QED) is 0.443. The maximum atomic E-state index is 12.9. The molecule has 0 saturated carbocycles. The lowest BCUT2D eigenvalue weighted by Gasteiger charge is -2.26. The molecule has 2 heterocycles. The highest BCUT2D eigenvalue weighted by molar-refractivity contribution is 7.99. The number of hydrogen-bond donors (Lipinski definition) is 2. The Morgan fingerprint density at radius 3 is 2.80 bits per heavy atom. The van der Waals surface area contributed by atoms with Gasteiger partial charge in [0, 0.05) is 23.2 Å². The van der Waals surface area contributed by atoms with E-state index in [1.165, 1.54) is 11.8 Å². The van der Waals surface area contributed by atoms with Crippen LogP contribution in [0.2, 0.25) is 0 Å². The van der Waals surface area contributed by atoms with E-state index >= 15 is 0 Å². The summed E-state index contributed by atoms with van der Waals surface area (Å²) in [5.74, 6) is 3.14. The molecule has 3 rings (SSSR count). The van der Waals surface area contributed by atoms with Gasteiger partial charge in [-0.15, -0.1) is 18.2 Å². The van der Waals surface area contributed by atoms with Crippen LogP contribution in [0, 0.1) is 19.3 Å². The minimum atomic E-state index is -0.809. The van der Waals surface area contributed by atoms with Crippen LogP contribution in [0.15, 0.2) is 35.0 Å². The number of terminal acetylenes is 1. The van der Waals surface area contributed by atoms with E-state index in [2.05, 4.69) is 21.4 Å². The number of hydrogen-bond acceptors (Lipinski definition) is 7. The molecule has 0 aliphatic rings. The number of aliphatic hydroxyl groups is 1. The maximum Gasteiger partial charge on any atom is 0.272 e. The van der Waals surface area contributed by atoms with E-state index in [1.54, 1.807) is 32.4 Å². The monoisotopic (exact) mass is 425 g/mol. The van der Waals surface area contributed by atoms with Gasteiger partial charge in [0.25, 0.3) is 5.91 Å². The largest absolute Gasteiger partial charge is 0.470 e. The number of aromatic nitrogens is 2. The predicted octanol–water partition coefficient (Wildman–Crippen LogP) is 3.12. The highest BCUT2D eigenvalue weighted by Gasteiger charge is 2.31. The Labute approximate surface area is 179 Å². The van der Waals surface area contributed by atoms with Crippen molar-refractivity contribution in [1.82, 2.24) is 15.5 Å². The van der Waals surface area contributed by atoms with E-state index in [4.69, 9.17) is 20.8 Å². The molecule has 156 valence electrons. The molecule has 7 nitrogen and oxygen atoms in total. The normalized spacial score (nSPS) is 12.4. The molecule has 1 unspecified atom stereocenters. The molecule has 0 bridgehead atoms. The highest BCUT2D eigenvalue weighted by Crippen LogP contribution is 2.27. The SMILES string of the molecule is C#Cc1cnc2c(C)cc(OC(SC)C(=O)NC(C)(C)c3cc(CO)on3)cc2c1. The second kappa shape index (κ2) is 8.78. The first-order valence-corrected chi connectivity index (χ1v) is 10.5. The molecule has 1 amide bonds. The Bertz CT molecular complexity index is 1120. The third-order valence-electron chi connectivity index (χ3n) is 4.58. The smallest absolute Gasteiger partial charge is 0.272 e. The van der Waals surface area contributed by atoms with E-state index in [9.17, 15) is 4.79 Å². The summed E-state index contributed by atoms with van der Waals surface area (Å²) in [5.41, 5.74) is 1.35. The number of thioether (sulfide) groups is 1. The van der Waals surface area contributed by atoms with Crippen LogP contribution in [0.1, 0.15) is 36.4 Å². The van der Waals surface area contributed by atoms with E-state index in [0.717, 1.165) is 16.5 Å². The fraction of sp³-hybridized carbons (Fsp3) is 0.318. The Balaban J connectivity index is 1.80. The molecular formula is C22H23N3O4S. The lowest BCUT2D eigenvalue weighted by atomic mass is 10.0. The van der Waals surface area contributed by atoms with Crippen LogP contribution in [0.3, 0.4) is 0 Å². The van der Waals surface area contributed by atoms with Crippen molar-refractivity contribution in [1.29, 1.82) is 0 Å². The Morgan fingerprint density at radius 2 is 2.17 bits per heavy atom. The van der Waals surface area contributed by atoms with E-state index < -0.39 is 11.0 Å². The number of ether oxygens (including phenoxy) is 1. The van der Waals surface area contributed by atoms with Gasteiger partial charge in [-0.1, -0.05) is 11.1 Å². The van der Waals surface area contributed by atoms with E-state index in [0.29, 0.717) is 22.8 Å². The minimum absolute atomic E-state index is 0.259. The van der Waals surface area contributed by atoms with Crippen molar-refractivity contribution in [2.75, 3.05) is 6.26 Å². The number of aliphatic hydroxyl groups excluding tert-OH is 1. The summed E-state index contributed by atoms with van der Waals surface area (Å²) in [4.78, 5) is 17.3. The molecule has 0 saturated heterocycles. The number of carbonyl (C=O) groups is 1. The molecule has 0 aliphatic heterocycles. The summed E-state index contributed by atoms with van der Waals surface area (Å²) in [7, 11) is 0. The third-order valence-corrected chi connectivity index (χ3v) is 5.31. The topological polar surface area (TPSA) is 97.5 Å². The number of carbonyl (C=O) groups excluding carboxylic acids is 1. The average Bonchev–Trinajstić information content (AvgIpc) is 3.21. The molecule has 2 N–H and O–H groups in total. The van der Waals surface area contributed by atoms with Gasteiger partial charge < -0.3 is 19.7 Å². The number of fused-ring (bicyclic) bond motifs is 1. The van der Waals surface area contributed by atoms with Gasteiger partial charge in [-0.25, -0.2) is 0 Å². The van der Waals surface area contributed by atoms with Crippen molar-refractivity contribution in [3.63, 3.8) is 0 Å². The molecule has 30 heavy (non-hydrogen) atoms. The highest BCUT2D eigenvalue weighted by atomic mass is 32.2. The molecule has 1 atom stereocenters. The summed E-state index contributed by atoms with van der Waals surface area (Å²) in [5, 5.41) is 16.9. The van der Waals surface area contributed by atoms with Crippen LogP contribution in [-0.2, 0) is 16.9 Å². The average molecular weight is 426 g/mol. The molecule has 8 heteroatoms. The Hall–Kier alpha value is -3.02.